The lowest BCUT2D eigenvalue weighted by Crippen LogP contribution is -2.94. The molecule has 2 atom stereocenters. The lowest BCUT2D eigenvalue weighted by Gasteiger charge is -2.10. The van der Waals surface area contributed by atoms with Crippen molar-refractivity contribution in [3.63, 3.8) is 0 Å². The summed E-state index contributed by atoms with van der Waals surface area (Å²) in [5, 5.41) is 21.1. The van der Waals surface area contributed by atoms with Crippen LogP contribution in [-0.4, -0.2) is 78.0 Å². The van der Waals surface area contributed by atoms with Gasteiger partial charge in [0.1, 0.15) is 25.3 Å². The zero-order chi connectivity index (χ0) is 16.5. The summed E-state index contributed by atoms with van der Waals surface area (Å²) in [5.41, 5.74) is 10.6. The Balaban J connectivity index is 0.000000296. The Morgan fingerprint density at radius 3 is 1.43 bits per heavy atom. The summed E-state index contributed by atoms with van der Waals surface area (Å²) in [6, 6.07) is 0. The molecule has 2 rings (SSSR count). The first-order valence-corrected chi connectivity index (χ1v) is 7.20. The van der Waals surface area contributed by atoms with Crippen molar-refractivity contribution in [2.45, 2.75) is 12.2 Å². The van der Waals surface area contributed by atoms with Gasteiger partial charge in [0.15, 0.2) is 0 Å². The van der Waals surface area contributed by atoms with E-state index in [0.29, 0.717) is 38.1 Å². The van der Waals surface area contributed by atoms with E-state index in [0.717, 1.165) is 0 Å². The molecule has 21 heavy (non-hydrogen) atoms. The molecule has 0 spiro atoms. The lowest BCUT2D eigenvalue weighted by atomic mass is 10.3. The fraction of sp³-hybridized carbons (Fsp3) is 0.750. The van der Waals surface area contributed by atoms with Crippen LogP contribution in [0.1, 0.15) is 0 Å². The highest BCUT2D eigenvalue weighted by Crippen LogP contribution is 1.81. The van der Waals surface area contributed by atoms with E-state index < -0.39 is 10.4 Å². The number of aliphatic imine (C=N–C) groups is 2. The smallest absolute Gasteiger partial charge is 0.291 e. The normalized spacial score (nSPS) is 25.3. The average molecular weight is 328 g/mol. The maximum atomic E-state index is 8.83. The number of aliphatic hydroxyl groups is 2. The molecule has 0 fully saturated rings. The molecule has 0 aromatic heterocycles. The van der Waals surface area contributed by atoms with Crippen LogP contribution >= 0.6 is 0 Å². The molecular weight excluding hydrogens is 308 g/mol. The van der Waals surface area contributed by atoms with E-state index in [1.54, 1.807) is 10.6 Å². The summed E-state index contributed by atoms with van der Waals surface area (Å²) >= 11 is 0. The molecule has 2 unspecified atom stereocenters. The third kappa shape index (κ3) is 14.9. The minimum absolute atomic E-state index is 0.303. The van der Waals surface area contributed by atoms with Crippen LogP contribution in [0.3, 0.4) is 0 Å². The van der Waals surface area contributed by atoms with Gasteiger partial charge < -0.3 is 30.8 Å². The average Bonchev–Trinajstić information content (AvgIpc) is 2.35. The first-order valence-electron chi connectivity index (χ1n) is 5.87. The first-order chi connectivity index (χ1) is 9.58. The topological polar surface area (TPSA) is 231 Å². The number of nitrogens with zero attached hydrogens (tertiary/aromatic N) is 2. The molecule has 0 aliphatic carbocycles. The molecule has 0 bridgehead atoms. The van der Waals surface area contributed by atoms with E-state index >= 15 is 0 Å². The Hall–Kier alpha value is -1.35. The molecule has 0 aromatic rings. The molecule has 0 saturated heterocycles. The van der Waals surface area contributed by atoms with Crippen LogP contribution in [0, 0.1) is 0 Å². The van der Waals surface area contributed by atoms with Gasteiger partial charge in [0.25, 0.3) is 11.9 Å². The Morgan fingerprint density at radius 1 is 1.00 bits per heavy atom. The van der Waals surface area contributed by atoms with Crippen molar-refractivity contribution in [3.05, 3.63) is 0 Å². The molecule has 2 aliphatic rings. The Morgan fingerprint density at radius 2 is 1.29 bits per heavy atom. The van der Waals surface area contributed by atoms with Gasteiger partial charge in [-0.15, -0.1) is 0 Å². The predicted molar refractivity (Wildman–Crippen MR) is 69.1 cm³/mol. The number of nitrogens with two attached hydrogens (primary N) is 4. The maximum absolute atomic E-state index is 8.83. The Kier molecular flexibility index (Phi) is 8.95. The summed E-state index contributed by atoms with van der Waals surface area (Å²) < 4.78 is 34.1. The molecule has 0 radical (unpaired) electrons. The molecule has 124 valence electrons. The Bertz CT molecular complexity index is 430. The summed E-state index contributed by atoms with van der Waals surface area (Å²) in [6.07, 6.45) is -0.607. The van der Waals surface area contributed by atoms with Crippen LogP contribution in [0.4, 0.5) is 0 Å². The molecule has 13 heteroatoms. The highest BCUT2D eigenvalue weighted by molar-refractivity contribution is 7.79. The van der Waals surface area contributed by atoms with E-state index in [-0.39, 0.29) is 12.2 Å². The first kappa shape index (κ1) is 19.7. The minimum Gasteiger partial charge on any atom is -0.759 e. The number of hydrogen-bond acceptors (Lipinski definition) is 10. The number of hydrogen-bond donors (Lipinski definition) is 6. The summed E-state index contributed by atoms with van der Waals surface area (Å²) in [5.74, 6) is 1.10. The van der Waals surface area contributed by atoms with Gasteiger partial charge in [0.2, 0.25) is 0 Å². The molecule has 12 nitrogen and oxygen atoms in total. The molecule has 0 saturated carbocycles. The lowest BCUT2D eigenvalue weighted by molar-refractivity contribution is -0.554. The summed E-state index contributed by atoms with van der Waals surface area (Å²) in [7, 11) is -5.17. The SMILES string of the molecule is NC1=NCC(O)C[NH2+]1.NC1=NCC(O)C[NH2+]1.O=S(=O)([O-])[O-]. The third-order valence-electron chi connectivity index (χ3n) is 2.17. The van der Waals surface area contributed by atoms with Crippen LogP contribution in [0.5, 0.6) is 0 Å². The number of rotatable bonds is 0. The van der Waals surface area contributed by atoms with Gasteiger partial charge in [-0.3, -0.25) is 19.1 Å². The van der Waals surface area contributed by atoms with Gasteiger partial charge >= 0.3 is 0 Å². The number of aliphatic hydroxyl groups excluding tert-OH is 2. The van der Waals surface area contributed by atoms with Crippen LogP contribution < -0.4 is 22.1 Å². The molecular formula is C8H20N6O6S. The van der Waals surface area contributed by atoms with Crippen molar-refractivity contribution < 1.29 is 38.4 Å². The predicted octanol–water partition coefficient (Wildman–Crippen LogP) is -6.86. The highest BCUT2D eigenvalue weighted by Gasteiger charge is 2.12. The van der Waals surface area contributed by atoms with Crippen molar-refractivity contribution in [2.75, 3.05) is 26.2 Å². The zero-order valence-corrected chi connectivity index (χ0v) is 11.9. The van der Waals surface area contributed by atoms with Crippen LogP contribution in [-0.2, 0) is 10.4 Å². The van der Waals surface area contributed by atoms with E-state index in [1.165, 1.54) is 0 Å². The fourth-order valence-corrected chi connectivity index (χ4v) is 1.21. The van der Waals surface area contributed by atoms with Gasteiger partial charge in [-0.05, 0) is 0 Å². The molecule has 0 aromatic carbocycles. The molecule has 2 aliphatic heterocycles. The van der Waals surface area contributed by atoms with E-state index in [9.17, 15) is 0 Å². The van der Waals surface area contributed by atoms with Crippen molar-refractivity contribution in [2.24, 2.45) is 21.5 Å². The minimum atomic E-state index is -5.17. The number of guanidine groups is 2. The van der Waals surface area contributed by atoms with E-state index in [1.807, 2.05) is 0 Å². The van der Waals surface area contributed by atoms with E-state index in [2.05, 4.69) is 9.98 Å². The molecule has 2 heterocycles. The standard InChI is InChI=1S/2C4H9N3O.H2O4S/c2*5-4-6-1-3(8)2-7-4;1-5(2,3)4/h2*3,8H,1-2H2,(H3,5,6,7);(H2,1,2,3,4). The van der Waals surface area contributed by atoms with Crippen LogP contribution in [0.2, 0.25) is 0 Å². The highest BCUT2D eigenvalue weighted by atomic mass is 32.3. The number of quaternary nitrogens is 2. The van der Waals surface area contributed by atoms with Crippen molar-refractivity contribution in [1.29, 1.82) is 0 Å². The second-order valence-corrected chi connectivity index (χ2v) is 4.94. The van der Waals surface area contributed by atoms with Gasteiger partial charge in [-0.1, -0.05) is 0 Å². The zero-order valence-electron chi connectivity index (χ0n) is 11.1. The van der Waals surface area contributed by atoms with Crippen molar-refractivity contribution in [1.82, 2.24) is 0 Å². The second-order valence-electron chi connectivity index (χ2n) is 4.13. The quantitative estimate of drug-likeness (QED) is 0.184. The third-order valence-corrected chi connectivity index (χ3v) is 2.17. The fourth-order valence-electron chi connectivity index (χ4n) is 1.21. The Labute approximate surface area is 121 Å². The monoisotopic (exact) mass is 328 g/mol. The molecule has 10 N–H and O–H groups in total. The largest absolute Gasteiger partial charge is 0.759 e. The van der Waals surface area contributed by atoms with Crippen LogP contribution in [0.25, 0.3) is 0 Å². The van der Waals surface area contributed by atoms with Crippen molar-refractivity contribution in [3.8, 4) is 0 Å². The van der Waals surface area contributed by atoms with Crippen molar-refractivity contribution >= 4 is 22.3 Å². The summed E-state index contributed by atoms with van der Waals surface area (Å²) in [6.45, 7) is 2.22. The van der Waals surface area contributed by atoms with Crippen LogP contribution in [0.15, 0.2) is 9.98 Å². The van der Waals surface area contributed by atoms with E-state index in [4.69, 9.17) is 39.2 Å². The second kappa shape index (κ2) is 9.56. The van der Waals surface area contributed by atoms with Gasteiger partial charge in [-0.2, -0.15) is 0 Å². The van der Waals surface area contributed by atoms with Gasteiger partial charge in [0, 0.05) is 10.4 Å². The molecule has 0 amide bonds. The van der Waals surface area contributed by atoms with Gasteiger partial charge in [0.05, 0.1) is 13.1 Å². The summed E-state index contributed by atoms with van der Waals surface area (Å²) in [4.78, 5) is 7.60. The maximum Gasteiger partial charge on any atom is 0.291 e. The van der Waals surface area contributed by atoms with Gasteiger partial charge in [-0.25, -0.2) is 9.98 Å².